The Bertz CT molecular complexity index is 1240. The van der Waals surface area contributed by atoms with E-state index in [-0.39, 0.29) is 23.5 Å². The minimum absolute atomic E-state index is 0.0316. The highest BCUT2D eigenvalue weighted by atomic mass is 35.5. The highest BCUT2D eigenvalue weighted by Gasteiger charge is 2.53. The molecule has 1 fully saturated rings. The number of likely N-dealkylation sites (tertiary alicyclic amines) is 1. The maximum atomic E-state index is 13.9. The molecule has 34 heavy (non-hydrogen) atoms. The molecule has 1 saturated heterocycles. The lowest BCUT2D eigenvalue weighted by molar-refractivity contribution is -0.133. The summed E-state index contributed by atoms with van der Waals surface area (Å²) in [7, 11) is -4.24. The first-order valence-electron chi connectivity index (χ1n) is 10.8. The molecule has 0 saturated carbocycles. The van der Waals surface area contributed by atoms with E-state index in [4.69, 9.17) is 16.3 Å². The van der Waals surface area contributed by atoms with Crippen molar-refractivity contribution in [2.75, 3.05) is 13.1 Å². The number of hydrogen-bond donors (Lipinski definition) is 2. The van der Waals surface area contributed by atoms with Crippen LogP contribution in [0.15, 0.2) is 83.8 Å². The van der Waals surface area contributed by atoms with Gasteiger partial charge in [0.2, 0.25) is 0 Å². The number of nitrogens with zero attached hydrogens (tertiary/aromatic N) is 1. The van der Waals surface area contributed by atoms with Gasteiger partial charge in [0.05, 0.1) is 0 Å². The summed E-state index contributed by atoms with van der Waals surface area (Å²) in [6.45, 7) is 1.40. The molecule has 0 aliphatic carbocycles. The number of hydroxylamine groups is 1. The second-order valence-electron chi connectivity index (χ2n) is 8.20. The first kappa shape index (κ1) is 24.2. The van der Waals surface area contributed by atoms with Gasteiger partial charge in [0.25, 0.3) is 5.91 Å². The van der Waals surface area contributed by atoms with Crippen molar-refractivity contribution in [1.29, 1.82) is 0 Å². The second-order valence-corrected chi connectivity index (χ2v) is 10.9. The van der Waals surface area contributed by atoms with Crippen LogP contribution in [0, 0.1) is 0 Å². The number of sulfone groups is 1. The van der Waals surface area contributed by atoms with E-state index in [2.05, 4.69) is 4.90 Å². The monoisotopic (exact) mass is 500 g/mol. The van der Waals surface area contributed by atoms with Crippen LogP contribution in [0.1, 0.15) is 18.4 Å². The maximum absolute atomic E-state index is 13.9. The standard InChI is InChI=1S/C25H25ClN2O5S/c26-20-10-12-21(13-11-20)33-22-8-4-5-9-23(22)34(31,32)25(24(29)27-30)14-16-28(17-15-25)18-19-6-2-1-3-7-19/h1-13,30H,14-18H2,(H,27,29). The lowest BCUT2D eigenvalue weighted by atomic mass is 9.94. The molecule has 1 aliphatic rings. The molecule has 2 N–H and O–H groups in total. The summed E-state index contributed by atoms with van der Waals surface area (Å²) >= 11 is 5.93. The quantitative estimate of drug-likeness (QED) is 0.367. The fraction of sp³-hybridized carbons (Fsp3) is 0.240. The summed E-state index contributed by atoms with van der Waals surface area (Å²) in [4.78, 5) is 14.9. The zero-order valence-electron chi connectivity index (χ0n) is 18.4. The third-order valence-corrected chi connectivity index (χ3v) is 8.91. The van der Waals surface area contributed by atoms with E-state index in [1.165, 1.54) is 12.1 Å². The molecule has 3 aromatic carbocycles. The molecule has 0 bridgehead atoms. The van der Waals surface area contributed by atoms with Crippen LogP contribution >= 0.6 is 11.6 Å². The molecule has 0 spiro atoms. The summed E-state index contributed by atoms with van der Waals surface area (Å²) < 4.78 is 31.9. The molecule has 1 aliphatic heterocycles. The highest BCUT2D eigenvalue weighted by Crippen LogP contribution is 2.40. The van der Waals surface area contributed by atoms with Crippen molar-refractivity contribution in [3.63, 3.8) is 0 Å². The summed E-state index contributed by atoms with van der Waals surface area (Å²) in [5.74, 6) is -0.430. The number of para-hydroxylation sites is 1. The Balaban J connectivity index is 1.63. The number of ether oxygens (including phenoxy) is 1. The topological polar surface area (TPSA) is 95.9 Å². The Morgan fingerprint density at radius 1 is 0.971 bits per heavy atom. The van der Waals surface area contributed by atoms with Crippen molar-refractivity contribution in [1.82, 2.24) is 10.4 Å². The molecule has 178 valence electrons. The van der Waals surface area contributed by atoms with Gasteiger partial charge in [-0.05, 0) is 54.8 Å². The first-order chi connectivity index (χ1) is 16.4. The van der Waals surface area contributed by atoms with E-state index in [9.17, 15) is 18.4 Å². The summed E-state index contributed by atoms with van der Waals surface area (Å²) in [5.41, 5.74) is 2.70. The van der Waals surface area contributed by atoms with Crippen LogP contribution in [0.3, 0.4) is 0 Å². The first-order valence-corrected chi connectivity index (χ1v) is 12.7. The van der Waals surface area contributed by atoms with E-state index >= 15 is 0 Å². The van der Waals surface area contributed by atoms with Crippen LogP contribution in [0.25, 0.3) is 0 Å². The van der Waals surface area contributed by atoms with E-state index in [1.807, 2.05) is 30.3 Å². The van der Waals surface area contributed by atoms with Gasteiger partial charge in [-0.1, -0.05) is 54.1 Å². The maximum Gasteiger partial charge on any atom is 0.265 e. The molecule has 7 nitrogen and oxygen atoms in total. The number of piperidine rings is 1. The summed E-state index contributed by atoms with van der Waals surface area (Å²) in [5, 5.41) is 10.00. The van der Waals surface area contributed by atoms with Crippen LogP contribution in [-0.4, -0.2) is 42.3 Å². The third-order valence-electron chi connectivity index (χ3n) is 6.12. The molecule has 0 radical (unpaired) electrons. The number of nitrogens with one attached hydrogen (secondary N) is 1. The summed E-state index contributed by atoms with van der Waals surface area (Å²) in [6, 6.07) is 22.6. The number of carbonyl (C=O) groups is 1. The van der Waals surface area contributed by atoms with Crippen molar-refractivity contribution < 1.29 is 23.2 Å². The Hall–Kier alpha value is -2.91. The largest absolute Gasteiger partial charge is 0.456 e. The normalized spacial score (nSPS) is 16.1. The van der Waals surface area contributed by atoms with E-state index in [0.29, 0.717) is 30.4 Å². The van der Waals surface area contributed by atoms with Crippen LogP contribution in [0.4, 0.5) is 0 Å². The average Bonchev–Trinajstić information content (AvgIpc) is 2.86. The lowest BCUT2D eigenvalue weighted by Gasteiger charge is -2.39. The minimum atomic E-state index is -4.24. The van der Waals surface area contributed by atoms with Gasteiger partial charge in [-0.15, -0.1) is 0 Å². The van der Waals surface area contributed by atoms with Crippen molar-refractivity contribution in [2.24, 2.45) is 0 Å². The van der Waals surface area contributed by atoms with Gasteiger partial charge >= 0.3 is 0 Å². The molecule has 0 atom stereocenters. The molecule has 0 aromatic heterocycles. The van der Waals surface area contributed by atoms with E-state index < -0.39 is 20.5 Å². The number of hydrogen-bond acceptors (Lipinski definition) is 6. The van der Waals surface area contributed by atoms with Crippen molar-refractivity contribution in [2.45, 2.75) is 29.0 Å². The average molecular weight is 501 g/mol. The predicted molar refractivity (Wildman–Crippen MR) is 129 cm³/mol. The Labute approximate surface area is 203 Å². The van der Waals surface area contributed by atoms with Crippen LogP contribution in [-0.2, 0) is 21.2 Å². The van der Waals surface area contributed by atoms with Gasteiger partial charge in [0.1, 0.15) is 16.4 Å². The van der Waals surface area contributed by atoms with Crippen molar-refractivity contribution >= 4 is 27.3 Å². The second kappa shape index (κ2) is 10.1. The SMILES string of the molecule is O=C(NO)C1(S(=O)(=O)c2ccccc2Oc2ccc(Cl)cc2)CCN(Cc2ccccc2)CC1. The lowest BCUT2D eigenvalue weighted by Crippen LogP contribution is -2.57. The predicted octanol–water partition coefficient (Wildman–Crippen LogP) is 4.45. The summed E-state index contributed by atoms with van der Waals surface area (Å²) in [6.07, 6.45) is 0.0632. The molecule has 4 rings (SSSR count). The zero-order chi connectivity index (χ0) is 24.2. The van der Waals surface area contributed by atoms with E-state index in [0.717, 1.165) is 5.56 Å². The van der Waals surface area contributed by atoms with Crippen molar-refractivity contribution in [3.05, 3.63) is 89.4 Å². The number of amides is 1. The molecule has 3 aromatic rings. The smallest absolute Gasteiger partial charge is 0.265 e. The van der Waals surface area contributed by atoms with Gasteiger partial charge < -0.3 is 4.74 Å². The Kier molecular flexibility index (Phi) is 7.23. The van der Waals surface area contributed by atoms with Crippen molar-refractivity contribution in [3.8, 4) is 11.5 Å². The van der Waals surface area contributed by atoms with Gasteiger partial charge in [0.15, 0.2) is 14.6 Å². The van der Waals surface area contributed by atoms with Gasteiger partial charge in [-0.25, -0.2) is 13.9 Å². The van der Waals surface area contributed by atoms with E-state index in [1.54, 1.807) is 41.9 Å². The Morgan fingerprint density at radius 2 is 1.59 bits per heavy atom. The highest BCUT2D eigenvalue weighted by molar-refractivity contribution is 7.93. The molecule has 1 amide bonds. The zero-order valence-corrected chi connectivity index (χ0v) is 19.9. The molecule has 9 heteroatoms. The van der Waals surface area contributed by atoms with Crippen LogP contribution < -0.4 is 10.2 Å². The fourth-order valence-electron chi connectivity index (χ4n) is 4.23. The number of carbonyl (C=O) groups excluding carboxylic acids is 1. The van der Waals surface area contributed by atoms with Crippen LogP contribution in [0.5, 0.6) is 11.5 Å². The molecule has 1 heterocycles. The van der Waals surface area contributed by atoms with Crippen LogP contribution in [0.2, 0.25) is 5.02 Å². The molecular formula is C25H25ClN2O5S. The molecular weight excluding hydrogens is 476 g/mol. The number of halogens is 1. The van der Waals surface area contributed by atoms with Gasteiger partial charge in [0, 0.05) is 24.7 Å². The molecule has 0 unspecified atom stereocenters. The number of benzene rings is 3. The third kappa shape index (κ3) is 4.81. The fourth-order valence-corrected chi connectivity index (χ4v) is 6.42. The van der Waals surface area contributed by atoms with Gasteiger partial charge in [-0.2, -0.15) is 0 Å². The Morgan fingerprint density at radius 3 is 2.24 bits per heavy atom. The number of rotatable bonds is 7. The van der Waals surface area contributed by atoms with Gasteiger partial charge in [-0.3, -0.25) is 14.9 Å². The minimum Gasteiger partial charge on any atom is -0.456 e.